The predicted molar refractivity (Wildman–Crippen MR) is 254 cm³/mol. The first-order chi connectivity index (χ1) is 31.0. The number of esters is 2. The van der Waals surface area contributed by atoms with Crippen LogP contribution < -0.4 is 5.32 Å². The van der Waals surface area contributed by atoms with Gasteiger partial charge in [0.1, 0.15) is 12.7 Å². The number of nitro benzene ring substituents is 1. The molecule has 3 aromatic rings. The van der Waals surface area contributed by atoms with Crippen molar-refractivity contribution in [3.8, 4) is 0 Å². The minimum Gasteiger partial charge on any atom is -0.462 e. The Morgan fingerprint density at radius 1 is 0.800 bits per heavy atom. The summed E-state index contributed by atoms with van der Waals surface area (Å²) in [7, 11) is 0. The number of hydrogen-bond donors (Lipinski definition) is 1. The second kappa shape index (κ2) is 18.4. The molecule has 1 heterocycles. The molecule has 5 aliphatic rings. The number of nitrogens with one attached hydrogen (secondary N) is 1. The maximum absolute atomic E-state index is 14.4. The fourth-order valence-corrected chi connectivity index (χ4v) is 14.7. The summed E-state index contributed by atoms with van der Waals surface area (Å²) in [5.41, 5.74) is 3.67. The number of allylic oxidation sites excluding steroid dienone is 2. The minimum atomic E-state index is -0.478. The molecule has 0 spiro atoms. The maximum Gasteiger partial charge on any atom is 0.313 e. The molecule has 8 rings (SSSR count). The number of benzene rings is 2. The van der Waals surface area contributed by atoms with Gasteiger partial charge in [0.05, 0.1) is 16.0 Å². The highest BCUT2D eigenvalue weighted by Crippen LogP contribution is 2.76. The van der Waals surface area contributed by atoms with E-state index in [0.717, 1.165) is 121 Å². The number of unbranched alkanes of at least 4 members (excludes halogenated alkanes) is 7. The van der Waals surface area contributed by atoms with Crippen LogP contribution in [-0.4, -0.2) is 39.8 Å². The Morgan fingerprint density at radius 2 is 1.49 bits per heavy atom. The van der Waals surface area contributed by atoms with Crippen LogP contribution in [0.15, 0.2) is 58.7 Å². The normalized spacial score (nSPS) is 32.2. The highest BCUT2D eigenvalue weighted by molar-refractivity contribution is 5.93. The molecule has 11 nitrogen and oxygen atoms in total. The van der Waals surface area contributed by atoms with Crippen LogP contribution in [0.2, 0.25) is 0 Å². The van der Waals surface area contributed by atoms with Crippen LogP contribution in [0.1, 0.15) is 176 Å². The molecule has 1 aromatic heterocycles. The van der Waals surface area contributed by atoms with Gasteiger partial charge in [-0.3, -0.25) is 19.7 Å². The first-order valence-electron chi connectivity index (χ1n) is 25.2. The molecule has 11 heteroatoms. The van der Waals surface area contributed by atoms with Gasteiger partial charge < -0.3 is 14.8 Å². The molecular formula is C54H76N4O7. The lowest BCUT2D eigenvalue weighted by Gasteiger charge is -2.71. The van der Waals surface area contributed by atoms with Crippen LogP contribution in [-0.2, 0) is 25.7 Å². The Balaban J connectivity index is 0.806. The standard InChI is InChI=1S/C54H76N4O7/c1-49(2)30-32-54(48(60)63-36-37-19-15-14-16-20-37)33-31-52(6)38(39(54)35-49)22-25-43-51(5)28-27-44(50(3,4)42(51)26-29-53(43,52)7)64-45(59)21-17-12-10-8-9-11-13-18-34-55-40-23-24-41(58(61)62)47-46(40)56-65-57-47/h14-16,19-20,22-24,39,42-44,55H,8-13,17-18,21,25-36H2,1-7H3/t39-,42-,43+,44-,51-,52+,53+,54-/m0/s1. The number of carbonyl (C=O) groups is 2. The molecule has 0 saturated heterocycles. The number of carbonyl (C=O) groups excluding carboxylic acids is 2. The summed E-state index contributed by atoms with van der Waals surface area (Å²) < 4.78 is 17.4. The highest BCUT2D eigenvalue weighted by Gasteiger charge is 2.69. The minimum absolute atomic E-state index is 0.0219. The summed E-state index contributed by atoms with van der Waals surface area (Å²) in [6.07, 6.45) is 22.0. The molecule has 4 saturated carbocycles. The lowest BCUT2D eigenvalue weighted by Crippen LogP contribution is -2.65. The van der Waals surface area contributed by atoms with Crippen LogP contribution in [0.5, 0.6) is 0 Å². The molecule has 0 bridgehead atoms. The summed E-state index contributed by atoms with van der Waals surface area (Å²) in [6.45, 7) is 18.5. The van der Waals surface area contributed by atoms with Crippen molar-refractivity contribution >= 4 is 34.3 Å². The van der Waals surface area contributed by atoms with Crippen LogP contribution in [0, 0.1) is 60.4 Å². The number of nitro groups is 1. The molecule has 0 radical (unpaired) electrons. The third kappa shape index (κ3) is 8.76. The molecule has 8 atom stereocenters. The number of hydrogen-bond acceptors (Lipinski definition) is 10. The number of rotatable bonds is 17. The molecule has 2 aromatic carbocycles. The lowest BCUT2D eigenvalue weighted by molar-refractivity contribution is -0.383. The molecule has 0 amide bonds. The topological polar surface area (TPSA) is 147 Å². The third-order valence-corrected chi connectivity index (χ3v) is 18.7. The fraction of sp³-hybridized carbons (Fsp3) is 0.704. The second-order valence-corrected chi connectivity index (χ2v) is 23.1. The van der Waals surface area contributed by atoms with E-state index in [1.807, 2.05) is 30.3 Å². The number of anilines is 1. The predicted octanol–water partition coefficient (Wildman–Crippen LogP) is 13.5. The van der Waals surface area contributed by atoms with E-state index in [1.54, 1.807) is 11.6 Å². The Bertz CT molecular complexity index is 2230. The van der Waals surface area contributed by atoms with Crippen molar-refractivity contribution in [2.24, 2.45) is 50.2 Å². The van der Waals surface area contributed by atoms with Crippen molar-refractivity contribution in [1.82, 2.24) is 10.3 Å². The summed E-state index contributed by atoms with van der Waals surface area (Å²) in [5.74, 6) is 1.21. The van der Waals surface area contributed by atoms with E-state index in [-0.39, 0.29) is 62.2 Å². The van der Waals surface area contributed by atoms with E-state index < -0.39 is 10.3 Å². The van der Waals surface area contributed by atoms with Crippen LogP contribution in [0.4, 0.5) is 11.4 Å². The van der Waals surface area contributed by atoms with Crippen molar-refractivity contribution in [2.75, 3.05) is 11.9 Å². The maximum atomic E-state index is 14.4. The zero-order chi connectivity index (χ0) is 46.3. The second-order valence-electron chi connectivity index (χ2n) is 23.1. The van der Waals surface area contributed by atoms with Crippen molar-refractivity contribution in [1.29, 1.82) is 0 Å². The Hall–Kier alpha value is -4.28. The summed E-state index contributed by atoms with van der Waals surface area (Å²) in [5, 5.41) is 22.1. The first kappa shape index (κ1) is 47.2. The third-order valence-electron chi connectivity index (χ3n) is 18.7. The van der Waals surface area contributed by atoms with Gasteiger partial charge in [0.15, 0.2) is 5.52 Å². The highest BCUT2D eigenvalue weighted by atomic mass is 16.6. The van der Waals surface area contributed by atoms with E-state index >= 15 is 0 Å². The van der Waals surface area contributed by atoms with Gasteiger partial charge in [-0.15, -0.1) is 0 Å². The molecule has 0 unspecified atom stereocenters. The van der Waals surface area contributed by atoms with Crippen molar-refractivity contribution in [3.63, 3.8) is 0 Å². The number of nitrogens with zero attached hydrogens (tertiary/aromatic N) is 3. The number of aromatic nitrogens is 2. The number of fused-ring (bicyclic) bond motifs is 8. The number of ether oxygens (including phenoxy) is 2. The fourth-order valence-electron chi connectivity index (χ4n) is 14.7. The van der Waals surface area contributed by atoms with Crippen LogP contribution >= 0.6 is 0 Å². The Morgan fingerprint density at radius 3 is 2.23 bits per heavy atom. The molecule has 65 heavy (non-hydrogen) atoms. The van der Waals surface area contributed by atoms with Gasteiger partial charge in [-0.05, 0) is 138 Å². The van der Waals surface area contributed by atoms with Crippen molar-refractivity contribution in [3.05, 3.63) is 69.8 Å². The number of non-ortho nitro benzene ring substituents is 1. The molecule has 354 valence electrons. The van der Waals surface area contributed by atoms with E-state index in [9.17, 15) is 19.7 Å². The zero-order valence-electron chi connectivity index (χ0n) is 40.5. The van der Waals surface area contributed by atoms with Crippen molar-refractivity contribution in [2.45, 2.75) is 183 Å². The Kier molecular flexibility index (Phi) is 13.4. The molecule has 0 aliphatic heterocycles. The van der Waals surface area contributed by atoms with E-state index in [2.05, 4.69) is 70.2 Å². The largest absolute Gasteiger partial charge is 0.462 e. The van der Waals surface area contributed by atoms with Gasteiger partial charge in [-0.25, -0.2) is 4.63 Å². The summed E-state index contributed by atoms with van der Waals surface area (Å²) >= 11 is 0. The van der Waals surface area contributed by atoms with Crippen LogP contribution in [0.25, 0.3) is 11.0 Å². The zero-order valence-corrected chi connectivity index (χ0v) is 40.5. The average molecular weight is 893 g/mol. The van der Waals surface area contributed by atoms with E-state index in [0.29, 0.717) is 36.1 Å². The van der Waals surface area contributed by atoms with Gasteiger partial charge in [0.2, 0.25) is 5.52 Å². The van der Waals surface area contributed by atoms with Gasteiger partial charge in [-0.2, -0.15) is 0 Å². The lowest BCUT2D eigenvalue weighted by atomic mass is 9.33. The SMILES string of the molecule is CC1(C)CC[C@]2(C(=O)OCc3ccccc3)CC[C@]3(C)C(=CC[C@@H]4[C@@]5(C)CC[C@H](OC(=O)CCCCCCCCCCNc6ccc([N+](=O)[O-])c7nonc67)C(C)(C)[C@@H]5CC[C@]43C)[C@@H]2C1. The Labute approximate surface area is 387 Å². The van der Waals surface area contributed by atoms with Gasteiger partial charge in [-0.1, -0.05) is 129 Å². The van der Waals surface area contributed by atoms with Gasteiger partial charge in [0.25, 0.3) is 0 Å². The summed E-state index contributed by atoms with van der Waals surface area (Å²) in [4.78, 5) is 38.6. The van der Waals surface area contributed by atoms with Crippen molar-refractivity contribution < 1.29 is 28.6 Å². The molecular weight excluding hydrogens is 817 g/mol. The molecule has 1 N–H and O–H groups in total. The smallest absolute Gasteiger partial charge is 0.313 e. The molecule has 5 aliphatic carbocycles. The monoisotopic (exact) mass is 893 g/mol. The molecule has 4 fully saturated rings. The summed E-state index contributed by atoms with van der Waals surface area (Å²) in [6, 6.07) is 13.2. The van der Waals surface area contributed by atoms with Gasteiger partial charge in [0, 0.05) is 24.4 Å². The van der Waals surface area contributed by atoms with Crippen LogP contribution in [0.3, 0.4) is 0 Å². The van der Waals surface area contributed by atoms with E-state index in [1.165, 1.54) is 12.5 Å². The average Bonchev–Trinajstić information content (AvgIpc) is 3.77. The first-order valence-corrected chi connectivity index (χ1v) is 25.2. The van der Waals surface area contributed by atoms with Gasteiger partial charge >= 0.3 is 17.6 Å². The quantitative estimate of drug-likeness (QED) is 0.0457. The van der Waals surface area contributed by atoms with E-state index in [4.69, 9.17) is 14.1 Å².